The minimum Gasteiger partial charge on any atom is -0.406 e. The number of benzene rings is 1. The monoisotopic (exact) mass is 295 g/mol. The van der Waals surface area contributed by atoms with Gasteiger partial charge in [0.2, 0.25) is 0 Å². The van der Waals surface area contributed by atoms with Gasteiger partial charge in [0.25, 0.3) is 0 Å². The van der Waals surface area contributed by atoms with Crippen LogP contribution in [-0.4, -0.2) is 21.0 Å². The van der Waals surface area contributed by atoms with Crippen LogP contribution in [0.3, 0.4) is 0 Å². The predicted octanol–water partition coefficient (Wildman–Crippen LogP) is 2.88. The summed E-state index contributed by atoms with van der Waals surface area (Å²) in [7, 11) is 0. The molecule has 0 spiro atoms. The summed E-state index contributed by atoms with van der Waals surface area (Å²) in [6.07, 6.45) is -3.46. The van der Waals surface area contributed by atoms with Crippen molar-refractivity contribution in [1.29, 1.82) is 0 Å². The molecular formula is C13H9F3N4O. The Labute approximate surface area is 118 Å². The molecule has 1 aromatic carbocycles. The molecule has 108 valence electrons. The van der Waals surface area contributed by atoms with Gasteiger partial charge in [-0.15, -0.1) is 18.3 Å². The van der Waals surface area contributed by atoms with Crippen LogP contribution in [0.15, 0.2) is 42.6 Å². The molecule has 0 fully saturated rings. The van der Waals surface area contributed by atoms with E-state index in [1.165, 1.54) is 22.8 Å². The summed E-state index contributed by atoms with van der Waals surface area (Å²) in [6.45, 7) is 0. The molecule has 0 amide bonds. The number of halogens is 3. The van der Waals surface area contributed by atoms with Gasteiger partial charge in [-0.05, 0) is 24.2 Å². The maximum absolute atomic E-state index is 12.3. The average molecular weight is 295 g/mol. The summed E-state index contributed by atoms with van der Waals surface area (Å²) in [6, 6.07) is 6.68. The van der Waals surface area contributed by atoms with Gasteiger partial charge < -0.3 is 10.5 Å². The molecule has 2 aromatic heterocycles. The maximum Gasteiger partial charge on any atom is 0.573 e. The second-order valence-corrected chi connectivity index (χ2v) is 4.15. The molecule has 5 nitrogen and oxygen atoms in total. The smallest absolute Gasteiger partial charge is 0.406 e. The lowest BCUT2D eigenvalue weighted by atomic mass is 10.1. The quantitative estimate of drug-likeness (QED) is 0.789. The first-order valence-corrected chi connectivity index (χ1v) is 5.81. The number of alkyl halides is 3. The highest BCUT2D eigenvalue weighted by Gasteiger charge is 2.31. The number of nitrogens with zero attached hydrogens (tertiary/aromatic N) is 3. The first-order chi connectivity index (χ1) is 10.3. The Morgan fingerprint density at radius 2 is 2.05 bits per heavy atom. The SMILES string of the molecule is [2H]c1c(OC(F)(F)F)cccc1-c1cnc2ccc(N)nn12. The van der Waals surface area contributed by atoms with Crippen molar-refractivity contribution in [3.8, 4) is 17.0 Å². The van der Waals surface area contributed by atoms with E-state index >= 15 is 0 Å². The first-order valence-electron chi connectivity index (χ1n) is 6.31. The number of nitrogens with two attached hydrogens (primary N) is 1. The molecule has 8 heteroatoms. The topological polar surface area (TPSA) is 65.4 Å². The van der Waals surface area contributed by atoms with Crippen molar-refractivity contribution < 1.29 is 19.3 Å². The zero-order chi connectivity index (χ0) is 15.9. The molecule has 0 unspecified atom stereocenters. The van der Waals surface area contributed by atoms with Crippen LogP contribution in [0.5, 0.6) is 5.75 Å². The lowest BCUT2D eigenvalue weighted by Crippen LogP contribution is -2.17. The van der Waals surface area contributed by atoms with Gasteiger partial charge in [-0.3, -0.25) is 0 Å². The van der Waals surface area contributed by atoms with Crippen LogP contribution >= 0.6 is 0 Å². The van der Waals surface area contributed by atoms with Gasteiger partial charge in [-0.1, -0.05) is 12.1 Å². The van der Waals surface area contributed by atoms with Crippen molar-refractivity contribution in [2.24, 2.45) is 0 Å². The molecule has 0 atom stereocenters. The van der Waals surface area contributed by atoms with Gasteiger partial charge in [0.05, 0.1) is 13.3 Å². The standard InChI is InChI=1S/C13H9F3N4O/c14-13(15,16)21-9-3-1-2-8(6-9)10-7-18-12-5-4-11(17)19-20(10)12/h1-7H,(H2,17,19)/i6D. The molecule has 21 heavy (non-hydrogen) atoms. The van der Waals surface area contributed by atoms with Crippen molar-refractivity contribution >= 4 is 11.5 Å². The third-order valence-electron chi connectivity index (χ3n) is 2.65. The van der Waals surface area contributed by atoms with Crippen LogP contribution in [0.1, 0.15) is 1.37 Å². The van der Waals surface area contributed by atoms with E-state index in [0.29, 0.717) is 11.3 Å². The van der Waals surface area contributed by atoms with E-state index in [9.17, 15) is 13.2 Å². The third-order valence-corrected chi connectivity index (χ3v) is 2.65. The Morgan fingerprint density at radius 3 is 2.81 bits per heavy atom. The number of fused-ring (bicyclic) bond motifs is 1. The van der Waals surface area contributed by atoms with E-state index in [0.717, 1.165) is 6.07 Å². The van der Waals surface area contributed by atoms with Crippen LogP contribution in [0, 0.1) is 0 Å². The lowest BCUT2D eigenvalue weighted by Gasteiger charge is -2.09. The van der Waals surface area contributed by atoms with E-state index in [4.69, 9.17) is 7.10 Å². The molecule has 0 aliphatic carbocycles. The van der Waals surface area contributed by atoms with Crippen molar-refractivity contribution in [1.82, 2.24) is 14.6 Å². The van der Waals surface area contributed by atoms with Crippen molar-refractivity contribution in [3.05, 3.63) is 42.6 Å². The molecule has 2 heterocycles. The van der Waals surface area contributed by atoms with E-state index in [1.54, 1.807) is 12.1 Å². The number of imidazole rings is 1. The molecular weight excluding hydrogens is 285 g/mol. The second-order valence-electron chi connectivity index (χ2n) is 4.15. The summed E-state index contributed by atoms with van der Waals surface area (Å²) in [4.78, 5) is 4.08. The summed E-state index contributed by atoms with van der Waals surface area (Å²) < 4.78 is 50.2. The Bertz CT molecular complexity index is 847. The average Bonchev–Trinajstić information content (AvgIpc) is 2.82. The Balaban J connectivity index is 2.15. The summed E-state index contributed by atoms with van der Waals surface area (Å²) >= 11 is 0. The fraction of sp³-hybridized carbons (Fsp3) is 0.0769. The van der Waals surface area contributed by atoms with Gasteiger partial charge in [0.15, 0.2) is 5.65 Å². The fourth-order valence-corrected chi connectivity index (χ4v) is 1.85. The molecule has 0 saturated heterocycles. The molecule has 0 aliphatic heterocycles. The van der Waals surface area contributed by atoms with Gasteiger partial charge in [-0.2, -0.15) is 0 Å². The summed E-state index contributed by atoms with van der Waals surface area (Å²) in [5.74, 6) is -0.371. The zero-order valence-corrected chi connectivity index (χ0v) is 10.4. The fourth-order valence-electron chi connectivity index (χ4n) is 1.85. The molecule has 2 N–H and O–H groups in total. The normalized spacial score (nSPS) is 12.4. The lowest BCUT2D eigenvalue weighted by molar-refractivity contribution is -0.274. The Hall–Kier alpha value is -2.77. The van der Waals surface area contributed by atoms with Crippen LogP contribution in [0.4, 0.5) is 19.0 Å². The van der Waals surface area contributed by atoms with Crippen molar-refractivity contribution in [2.45, 2.75) is 6.36 Å². The van der Waals surface area contributed by atoms with E-state index in [2.05, 4.69) is 14.8 Å². The Kier molecular flexibility index (Phi) is 2.66. The number of aromatic nitrogens is 3. The van der Waals surface area contributed by atoms with E-state index in [-0.39, 0.29) is 11.4 Å². The molecule has 0 aliphatic rings. The maximum atomic E-state index is 12.3. The van der Waals surface area contributed by atoms with Crippen LogP contribution in [0.25, 0.3) is 16.9 Å². The zero-order valence-electron chi connectivity index (χ0n) is 11.4. The second kappa shape index (κ2) is 4.65. The van der Waals surface area contributed by atoms with Crippen molar-refractivity contribution in [2.75, 3.05) is 5.73 Å². The molecule has 3 aromatic rings. The number of hydrogen-bond donors (Lipinski definition) is 1. The Morgan fingerprint density at radius 1 is 1.24 bits per heavy atom. The summed E-state index contributed by atoms with van der Waals surface area (Å²) in [5, 5.41) is 4.04. The number of ether oxygens (including phenoxy) is 1. The van der Waals surface area contributed by atoms with Crippen LogP contribution < -0.4 is 10.5 Å². The third kappa shape index (κ3) is 2.73. The predicted molar refractivity (Wildman–Crippen MR) is 69.5 cm³/mol. The van der Waals surface area contributed by atoms with E-state index in [1.807, 2.05) is 0 Å². The highest BCUT2D eigenvalue weighted by Crippen LogP contribution is 2.28. The van der Waals surface area contributed by atoms with Crippen LogP contribution in [-0.2, 0) is 0 Å². The summed E-state index contributed by atoms with van der Waals surface area (Å²) in [5.41, 5.74) is 6.61. The molecule has 0 saturated carbocycles. The minimum atomic E-state index is -4.86. The van der Waals surface area contributed by atoms with E-state index < -0.39 is 18.2 Å². The molecule has 3 rings (SSSR count). The number of nitrogen functional groups attached to an aromatic ring is 1. The number of hydrogen-bond acceptors (Lipinski definition) is 4. The highest BCUT2D eigenvalue weighted by atomic mass is 19.4. The van der Waals surface area contributed by atoms with Gasteiger partial charge in [-0.25, -0.2) is 9.50 Å². The molecule has 0 radical (unpaired) electrons. The largest absolute Gasteiger partial charge is 0.573 e. The minimum absolute atomic E-state index is 0.201. The first kappa shape index (κ1) is 12.0. The van der Waals surface area contributed by atoms with Crippen molar-refractivity contribution in [3.63, 3.8) is 0 Å². The number of anilines is 1. The highest BCUT2D eigenvalue weighted by molar-refractivity contribution is 5.65. The van der Waals surface area contributed by atoms with Crippen LogP contribution in [0.2, 0.25) is 0 Å². The van der Waals surface area contributed by atoms with Gasteiger partial charge in [0.1, 0.15) is 11.6 Å². The number of rotatable bonds is 2. The van der Waals surface area contributed by atoms with Gasteiger partial charge in [0, 0.05) is 5.56 Å². The molecule has 0 bridgehead atoms. The van der Waals surface area contributed by atoms with Gasteiger partial charge >= 0.3 is 6.36 Å².